The normalized spacial score (nSPS) is 45.5. The van der Waals surface area contributed by atoms with E-state index in [9.17, 15) is 4.79 Å². The Bertz CT molecular complexity index is 737. The Balaban J connectivity index is 0.991. The van der Waals surface area contributed by atoms with Crippen molar-refractivity contribution in [1.29, 1.82) is 0 Å². The molecule has 6 aliphatic rings. The zero-order valence-electron chi connectivity index (χ0n) is 21.0. The zero-order chi connectivity index (χ0) is 23.8. The molecule has 35 heavy (non-hydrogen) atoms. The fourth-order valence-electron chi connectivity index (χ4n) is 7.84. The quantitative estimate of drug-likeness (QED) is 0.286. The van der Waals surface area contributed by atoms with Gasteiger partial charge >= 0.3 is 0 Å². The molecule has 1 aliphatic carbocycles. The minimum atomic E-state index is -0.130. The Labute approximate surface area is 208 Å². The second-order valence-corrected chi connectivity index (χ2v) is 12.0. The number of nitrogens with one attached hydrogen (secondary N) is 3. The largest absolute Gasteiger partial charge is 0.369 e. The topological polar surface area (TPSA) is 119 Å². The average molecular weight is 495 g/mol. The van der Waals surface area contributed by atoms with Crippen LogP contribution in [0.3, 0.4) is 0 Å². The fraction of sp³-hybridized carbons (Fsp3) is 0.960. The van der Waals surface area contributed by atoms with E-state index in [-0.39, 0.29) is 24.2 Å². The summed E-state index contributed by atoms with van der Waals surface area (Å²) in [5, 5.41) is 6.35. The van der Waals surface area contributed by atoms with E-state index in [0.717, 1.165) is 57.7 Å². The predicted molar refractivity (Wildman–Crippen MR) is 127 cm³/mol. The van der Waals surface area contributed by atoms with Crippen LogP contribution in [0.5, 0.6) is 0 Å². The van der Waals surface area contributed by atoms with Crippen LogP contribution in [0.4, 0.5) is 0 Å². The summed E-state index contributed by atoms with van der Waals surface area (Å²) in [7, 11) is 0. The molecule has 1 amide bonds. The van der Waals surface area contributed by atoms with Crippen LogP contribution in [0.25, 0.3) is 0 Å². The van der Waals surface area contributed by atoms with E-state index in [4.69, 9.17) is 20.0 Å². The molecule has 7 N–H and O–H groups in total. The first-order valence-corrected chi connectivity index (χ1v) is 14.3. The van der Waals surface area contributed by atoms with Gasteiger partial charge in [0.1, 0.15) is 19.0 Å². The summed E-state index contributed by atoms with van der Waals surface area (Å²) in [5.74, 6) is 1.22. The summed E-state index contributed by atoms with van der Waals surface area (Å²) >= 11 is 0. The molecule has 0 spiro atoms. The summed E-state index contributed by atoms with van der Waals surface area (Å²) in [6.07, 6.45) is 11.7. The van der Waals surface area contributed by atoms with Gasteiger partial charge in [0.05, 0.1) is 38.0 Å². The molecule has 0 aromatic rings. The highest BCUT2D eigenvalue weighted by atomic mass is 16.7. The van der Waals surface area contributed by atoms with Crippen LogP contribution < -0.4 is 26.7 Å². The van der Waals surface area contributed by atoms with Crippen LogP contribution >= 0.6 is 0 Å². The van der Waals surface area contributed by atoms with Crippen LogP contribution in [0.15, 0.2) is 0 Å². The Morgan fingerprint density at radius 2 is 1.91 bits per heavy atom. The SMILES string of the molecule is NC(=O)C1CCN(C2CC(C3NOC(C4CCC[NH+]4CC4CCC5OCOC5C4)N3)CC[NH2+]2)CC1. The van der Waals surface area contributed by atoms with Crippen LogP contribution in [0, 0.1) is 17.8 Å². The van der Waals surface area contributed by atoms with Gasteiger partial charge in [-0.3, -0.25) is 19.8 Å². The molecule has 0 bridgehead atoms. The van der Waals surface area contributed by atoms with E-state index < -0.39 is 0 Å². The van der Waals surface area contributed by atoms with E-state index in [1.54, 1.807) is 4.90 Å². The molecule has 5 aliphatic heterocycles. The van der Waals surface area contributed by atoms with Gasteiger partial charge in [-0.1, -0.05) is 0 Å². The molecule has 6 rings (SSSR count). The first kappa shape index (κ1) is 24.5. The maximum atomic E-state index is 11.5. The Morgan fingerprint density at radius 3 is 2.77 bits per heavy atom. The van der Waals surface area contributed by atoms with Gasteiger partial charge in [-0.25, -0.2) is 0 Å². The van der Waals surface area contributed by atoms with Crippen molar-refractivity contribution in [2.45, 2.75) is 94.6 Å². The Morgan fingerprint density at radius 1 is 1.06 bits per heavy atom. The van der Waals surface area contributed by atoms with E-state index in [1.807, 2.05) is 0 Å². The molecule has 0 radical (unpaired) electrons. The number of hydroxylamine groups is 1. The average Bonchev–Trinajstić information content (AvgIpc) is 3.65. The monoisotopic (exact) mass is 494 g/mol. The summed E-state index contributed by atoms with van der Waals surface area (Å²) < 4.78 is 11.5. The number of hydrogen-bond acceptors (Lipinski definition) is 7. The number of piperidine rings is 2. The van der Waals surface area contributed by atoms with Crippen LogP contribution in [-0.2, 0) is 19.1 Å². The molecule has 10 nitrogen and oxygen atoms in total. The number of nitrogens with zero attached hydrogens (tertiary/aromatic N) is 1. The smallest absolute Gasteiger partial charge is 0.220 e. The summed E-state index contributed by atoms with van der Waals surface area (Å²) in [6, 6.07) is 0.518. The number of carbonyl (C=O) groups excluding carboxylic acids is 1. The lowest BCUT2D eigenvalue weighted by Crippen LogP contribution is -3.16. The van der Waals surface area contributed by atoms with Crippen molar-refractivity contribution in [2.24, 2.45) is 23.5 Å². The van der Waals surface area contributed by atoms with Crippen molar-refractivity contribution in [3.63, 3.8) is 0 Å². The third-order valence-electron chi connectivity index (χ3n) is 9.92. The highest BCUT2D eigenvalue weighted by Crippen LogP contribution is 2.32. The lowest BCUT2D eigenvalue weighted by atomic mass is 9.85. The highest BCUT2D eigenvalue weighted by molar-refractivity contribution is 5.76. The number of hydrogen-bond donors (Lipinski definition) is 5. The van der Waals surface area contributed by atoms with E-state index in [1.165, 1.54) is 38.8 Å². The molecular formula is C25H46N6O4+2. The number of primary amides is 1. The van der Waals surface area contributed by atoms with Gasteiger partial charge in [0.2, 0.25) is 5.91 Å². The molecule has 10 heteroatoms. The second kappa shape index (κ2) is 10.9. The molecule has 9 unspecified atom stereocenters. The van der Waals surface area contributed by atoms with Gasteiger partial charge < -0.3 is 25.4 Å². The van der Waals surface area contributed by atoms with Gasteiger partial charge in [0, 0.05) is 56.5 Å². The second-order valence-electron chi connectivity index (χ2n) is 12.0. The fourth-order valence-corrected chi connectivity index (χ4v) is 7.84. The zero-order valence-corrected chi connectivity index (χ0v) is 21.0. The Kier molecular flexibility index (Phi) is 7.60. The molecule has 5 saturated heterocycles. The minimum absolute atomic E-state index is 0.0591. The van der Waals surface area contributed by atoms with E-state index in [0.29, 0.717) is 37.1 Å². The molecular weight excluding hydrogens is 448 g/mol. The minimum Gasteiger partial charge on any atom is -0.369 e. The lowest BCUT2D eigenvalue weighted by molar-refractivity contribution is -0.919. The molecule has 5 heterocycles. The summed E-state index contributed by atoms with van der Waals surface area (Å²) in [4.78, 5) is 22.0. The Hall–Kier alpha value is -0.850. The van der Waals surface area contributed by atoms with Crippen molar-refractivity contribution < 1.29 is 29.3 Å². The maximum absolute atomic E-state index is 11.5. The third kappa shape index (κ3) is 5.40. The van der Waals surface area contributed by atoms with Gasteiger partial charge in [0.25, 0.3) is 0 Å². The van der Waals surface area contributed by atoms with Crippen molar-refractivity contribution in [1.82, 2.24) is 15.7 Å². The van der Waals surface area contributed by atoms with E-state index in [2.05, 4.69) is 21.0 Å². The van der Waals surface area contributed by atoms with Crippen molar-refractivity contribution in [2.75, 3.05) is 39.5 Å². The van der Waals surface area contributed by atoms with Gasteiger partial charge in [-0.2, -0.15) is 5.48 Å². The third-order valence-corrected chi connectivity index (χ3v) is 9.92. The standard InChI is InChI=1S/C25H44N6O4/c26-23(32)17-6-10-30(11-7-17)22-13-18(5-8-27-22)24-28-25(35-29-24)19-2-1-9-31(19)14-16-3-4-20-21(12-16)34-15-33-20/h16-22,24-25,27-29H,1-15H2,(H2,26,32)/p+2. The molecule has 1 saturated carbocycles. The molecule has 198 valence electrons. The number of likely N-dealkylation sites (tertiary alicyclic amines) is 2. The first-order valence-electron chi connectivity index (χ1n) is 14.3. The highest BCUT2D eigenvalue weighted by Gasteiger charge is 2.46. The van der Waals surface area contributed by atoms with Gasteiger partial charge in [-0.15, -0.1) is 0 Å². The molecule has 6 fully saturated rings. The predicted octanol–water partition coefficient (Wildman–Crippen LogP) is -2.15. The number of carbonyl (C=O) groups is 1. The maximum Gasteiger partial charge on any atom is 0.220 e. The lowest BCUT2D eigenvalue weighted by Gasteiger charge is -2.39. The number of quaternary nitrogens is 2. The van der Waals surface area contributed by atoms with Crippen LogP contribution in [0.2, 0.25) is 0 Å². The van der Waals surface area contributed by atoms with Gasteiger partial charge in [0.15, 0.2) is 6.23 Å². The van der Waals surface area contributed by atoms with E-state index >= 15 is 0 Å². The van der Waals surface area contributed by atoms with Crippen molar-refractivity contribution in [3.8, 4) is 0 Å². The molecule has 0 aromatic heterocycles. The summed E-state index contributed by atoms with van der Waals surface area (Å²) in [6.45, 7) is 6.07. The number of fused-ring (bicyclic) bond motifs is 1. The van der Waals surface area contributed by atoms with Gasteiger partial charge in [-0.05, 0) is 32.1 Å². The number of nitrogens with two attached hydrogens (primary N) is 2. The number of rotatable bonds is 6. The number of ether oxygens (including phenoxy) is 2. The summed E-state index contributed by atoms with van der Waals surface area (Å²) in [5.41, 5.74) is 8.93. The number of amides is 1. The first-order chi connectivity index (χ1) is 17.1. The molecule has 0 aromatic carbocycles. The van der Waals surface area contributed by atoms with Crippen molar-refractivity contribution >= 4 is 5.91 Å². The van der Waals surface area contributed by atoms with Crippen LogP contribution in [-0.4, -0.2) is 87.1 Å². The van der Waals surface area contributed by atoms with Crippen LogP contribution in [0.1, 0.15) is 57.8 Å². The molecule has 9 atom stereocenters. The van der Waals surface area contributed by atoms with Crippen molar-refractivity contribution in [3.05, 3.63) is 0 Å².